The molecule has 9 aromatic rings. The minimum absolute atomic E-state index is 0.0104. The maximum Gasteiger partial charge on any atom is 0.410 e. The number of aromatic nitrogens is 4. The quantitative estimate of drug-likeness (QED) is 0.0450. The molecule has 6 aliphatic carbocycles. The van der Waals surface area contributed by atoms with Crippen LogP contribution >= 0.6 is 0 Å². The van der Waals surface area contributed by atoms with Gasteiger partial charge in [0.2, 0.25) is 11.8 Å². The van der Waals surface area contributed by atoms with Gasteiger partial charge in [-0.3, -0.25) is 24.5 Å². The van der Waals surface area contributed by atoms with Crippen LogP contribution in [0.5, 0.6) is 0 Å². The normalized spacial score (nSPS) is 24.2. The molecule has 20 nitrogen and oxygen atoms in total. The number of rotatable bonds is 16. The number of halogens is 4. The lowest BCUT2D eigenvalue weighted by molar-refractivity contribution is -0.136. The van der Waals surface area contributed by atoms with E-state index in [0.29, 0.717) is 105 Å². The number of benzene rings is 7. The van der Waals surface area contributed by atoms with Gasteiger partial charge >= 0.3 is 18.3 Å². The molecule has 0 radical (unpaired) electrons. The zero-order chi connectivity index (χ0) is 81.2. The van der Waals surface area contributed by atoms with Crippen LogP contribution in [-0.4, -0.2) is 140 Å². The number of hydrogen-bond donors (Lipinski definition) is 5. The van der Waals surface area contributed by atoms with E-state index < -0.39 is 36.1 Å². The summed E-state index contributed by atoms with van der Waals surface area (Å²) in [5, 5.41) is 9.18. The average molecular weight is 1600 g/mol. The number of alkyl carbamates (subject to hydrolysis) is 2. The molecule has 5 amide bonds. The van der Waals surface area contributed by atoms with Crippen LogP contribution < -0.4 is 16.0 Å². The van der Waals surface area contributed by atoms with Gasteiger partial charge in [0.25, 0.3) is 11.8 Å². The molecule has 4 saturated carbocycles. The number of hydrogen-bond acceptors (Lipinski definition) is 13. The molecule has 5 N–H and O–H groups in total. The predicted octanol–water partition coefficient (Wildman–Crippen LogP) is 18.2. The van der Waals surface area contributed by atoms with E-state index in [-0.39, 0.29) is 93.6 Å². The van der Waals surface area contributed by atoms with Crippen LogP contribution in [0.25, 0.3) is 67.0 Å². The van der Waals surface area contributed by atoms with Gasteiger partial charge in [-0.05, 0) is 221 Å². The number of ether oxygens (including phenoxy) is 3. The fraction of sp³-hybridized carbons (Fsp3) is 0.415. The smallest absolute Gasteiger partial charge is 0.410 e. The number of aliphatic imine (C=N–C) groups is 2. The second kappa shape index (κ2) is 28.5. The minimum Gasteiger partial charge on any atom is -0.453 e. The lowest BCUT2D eigenvalue weighted by atomic mass is 9.91. The van der Waals surface area contributed by atoms with Crippen molar-refractivity contribution in [1.82, 2.24) is 50.6 Å². The third kappa shape index (κ3) is 13.1. The van der Waals surface area contributed by atoms with Crippen molar-refractivity contribution in [1.29, 1.82) is 0 Å². The first kappa shape index (κ1) is 75.5. The van der Waals surface area contributed by atoms with Crippen LogP contribution in [0, 0.1) is 34.5 Å². The fourth-order valence-electron chi connectivity index (χ4n) is 21.2. The van der Waals surface area contributed by atoms with Gasteiger partial charge in [0.15, 0.2) is 0 Å². The Balaban J connectivity index is 0.000000154. The summed E-state index contributed by atoms with van der Waals surface area (Å²) in [5.74, 6) is -4.93. The Labute approximate surface area is 681 Å². The van der Waals surface area contributed by atoms with Crippen LogP contribution in [0.3, 0.4) is 0 Å². The van der Waals surface area contributed by atoms with Gasteiger partial charge in [-0.25, -0.2) is 24.4 Å². The molecule has 6 aliphatic heterocycles. The van der Waals surface area contributed by atoms with Gasteiger partial charge in [0.05, 0.1) is 67.5 Å². The maximum absolute atomic E-state index is 16.7. The summed E-state index contributed by atoms with van der Waals surface area (Å²) in [7, 11) is 2.55. The molecule has 10 atom stereocenters. The SMILES string of the molecule is COC(=O)NC(C(=O)N1CC2(CC2)CC1c1ncc(-c2ccc3c(c2)C(F)(F)c2cc(-c4ccc5c(c4)CC(C4C6CCC(C6)N4C(=O)OCc4ccccc4)=N5)ccc2-3)[nH]1)C(C)C.COC(=O)NC(C(=O)N1CC2(CC2)CC1c1ncc(-c2ccc3c(c2)C(F)(F)c2cc(-c4ccc5c(c4)CC(C4NC6CCC4C6)=N5)ccc2-3)[nH]1)C(C)C. The van der Waals surface area contributed by atoms with E-state index in [1.807, 2.05) is 127 Å². The topological polar surface area (TPSA) is 241 Å². The van der Waals surface area contributed by atoms with E-state index in [1.54, 1.807) is 54.9 Å². The number of aromatic amines is 2. The average Bonchev–Trinajstić information content (AvgIpc) is 1.55. The molecule has 21 rings (SSSR count). The molecule has 606 valence electrons. The zero-order valence-electron chi connectivity index (χ0n) is 66.8. The molecule has 12 aliphatic rings. The maximum atomic E-state index is 16.7. The Bertz CT molecular complexity index is 5690. The molecule has 118 heavy (non-hydrogen) atoms. The van der Waals surface area contributed by atoms with E-state index >= 15 is 17.6 Å². The Kier molecular flexibility index (Phi) is 18.2. The molecule has 2 spiro atoms. The summed E-state index contributed by atoms with van der Waals surface area (Å²) in [6.45, 7) is 8.91. The van der Waals surface area contributed by atoms with Crippen LogP contribution in [0.4, 0.5) is 43.3 Å². The van der Waals surface area contributed by atoms with E-state index in [0.717, 1.165) is 115 Å². The van der Waals surface area contributed by atoms with Crippen LogP contribution in [-0.2, 0) is 55.1 Å². The Morgan fingerprint density at radius 2 is 0.975 bits per heavy atom. The molecule has 7 aromatic carbocycles. The number of fused-ring (bicyclic) bond motifs is 12. The van der Waals surface area contributed by atoms with Crippen LogP contribution in [0.1, 0.15) is 167 Å². The summed E-state index contributed by atoms with van der Waals surface area (Å²) >= 11 is 0. The summed E-state index contributed by atoms with van der Waals surface area (Å²) in [6, 6.07) is 41.7. The molecule has 4 bridgehead atoms. The number of alkyl halides is 4. The van der Waals surface area contributed by atoms with Crippen LogP contribution in [0.15, 0.2) is 162 Å². The summed E-state index contributed by atoms with van der Waals surface area (Å²) in [6.07, 6.45) is 15.4. The predicted molar refractivity (Wildman–Crippen MR) is 439 cm³/mol. The first-order valence-corrected chi connectivity index (χ1v) is 41.8. The van der Waals surface area contributed by atoms with Gasteiger partial charge in [0, 0.05) is 88.9 Å². The standard InChI is InChI=1S/C51H50F2N6O5.C43H44F2N6O3/c1-28(2)44(57-48(61)63-3)47(60)58-27-50(17-18-50)24-43(58)46-54-25-42(56-46)32-11-15-37-36-14-10-31(21-38(36)51(52,53)39(37)22-32)30-12-16-40-34(19-30)23-41(55-40)45-33-9-13-35(20-33)59(45)49(62)64-26-29-7-5-4-6-8-29;1-22(2)37(50-41(53)54-3)40(52)51-21-42(12-13-42)19-36(51)39-46-20-35(49-39)25-6-10-30-29-9-5-24(16-31(29)43(44,45)32(30)17-25)23-7-11-33-27(14-23)18-34(48-33)38-26-4-8-28(15-26)47-38/h4-8,10-12,14-16,19,21-22,25,28,33,35,43-45H,9,13,17-18,20,23-24,26-27H2,1-3H3,(H,54,56)(H,57,61);5-7,9-11,14,16-17,20,22,26,28,36-38,47H,4,8,12-13,15,18-19,21H2,1-3H3,(H,46,49)(H,50,53). The largest absolute Gasteiger partial charge is 0.453 e. The third-order valence-corrected chi connectivity index (χ3v) is 27.9. The van der Waals surface area contributed by atoms with Crippen molar-refractivity contribution >= 4 is 52.9 Å². The lowest BCUT2D eigenvalue weighted by Gasteiger charge is -2.34. The van der Waals surface area contributed by atoms with Gasteiger partial charge in [-0.15, -0.1) is 0 Å². The van der Waals surface area contributed by atoms with Crippen molar-refractivity contribution in [3.63, 3.8) is 0 Å². The highest BCUT2D eigenvalue weighted by atomic mass is 19.3. The number of imidazole rings is 2. The third-order valence-electron chi connectivity index (χ3n) is 27.9. The van der Waals surface area contributed by atoms with Crippen molar-refractivity contribution in [2.75, 3.05) is 27.3 Å². The Morgan fingerprint density at radius 1 is 0.525 bits per heavy atom. The number of carbonyl (C=O) groups excluding carboxylic acids is 5. The lowest BCUT2D eigenvalue weighted by Crippen LogP contribution is -2.51. The zero-order valence-corrected chi connectivity index (χ0v) is 66.8. The molecule has 10 unspecified atom stereocenters. The number of piperidine rings is 2. The summed E-state index contributed by atoms with van der Waals surface area (Å²) < 4.78 is 81.6. The molecular formula is C94H94F4N12O8. The summed E-state index contributed by atoms with van der Waals surface area (Å²) in [4.78, 5) is 97.4. The molecule has 8 fully saturated rings. The first-order chi connectivity index (χ1) is 56.9. The number of likely N-dealkylation sites (tertiary alicyclic amines) is 3. The van der Waals surface area contributed by atoms with Gasteiger partial charge in [-0.2, -0.15) is 17.6 Å². The van der Waals surface area contributed by atoms with Crippen molar-refractivity contribution in [2.45, 2.75) is 184 Å². The Hall–Kier alpha value is -11.3. The fourth-order valence-corrected chi connectivity index (χ4v) is 21.2. The van der Waals surface area contributed by atoms with E-state index in [9.17, 15) is 24.0 Å². The van der Waals surface area contributed by atoms with E-state index in [4.69, 9.17) is 34.2 Å². The number of H-pyrrole nitrogens is 2. The number of methoxy groups -OCH3 is 2. The number of amides is 5. The highest BCUT2D eigenvalue weighted by Crippen LogP contribution is 2.61. The molecule has 2 aromatic heterocycles. The van der Waals surface area contributed by atoms with E-state index in [1.165, 1.54) is 39.2 Å². The molecule has 4 saturated heterocycles. The molecular weight excluding hydrogens is 1500 g/mol. The highest BCUT2D eigenvalue weighted by molar-refractivity contribution is 6.01. The van der Waals surface area contributed by atoms with Crippen molar-refractivity contribution in [3.05, 3.63) is 203 Å². The van der Waals surface area contributed by atoms with E-state index in [2.05, 4.69) is 38.1 Å². The van der Waals surface area contributed by atoms with Gasteiger partial charge in [-0.1, -0.05) is 119 Å². The highest BCUT2D eigenvalue weighted by Gasteiger charge is 2.58. The Morgan fingerprint density at radius 3 is 1.43 bits per heavy atom. The number of nitrogens with one attached hydrogen (secondary N) is 5. The van der Waals surface area contributed by atoms with Crippen molar-refractivity contribution < 1.29 is 55.7 Å². The molecule has 24 heteroatoms. The first-order valence-electron chi connectivity index (χ1n) is 41.8. The van der Waals surface area contributed by atoms with Gasteiger partial charge in [0.1, 0.15) is 30.3 Å². The second-order valence-corrected chi connectivity index (χ2v) is 35.9. The second-order valence-electron chi connectivity index (χ2n) is 35.9. The van der Waals surface area contributed by atoms with Crippen LogP contribution in [0.2, 0.25) is 0 Å². The molecule has 8 heterocycles. The van der Waals surface area contributed by atoms with Gasteiger partial charge < -0.3 is 49.9 Å². The minimum atomic E-state index is -3.25. The van der Waals surface area contributed by atoms with Crippen molar-refractivity contribution in [2.24, 2.45) is 44.5 Å². The number of carbonyl (C=O) groups is 5. The van der Waals surface area contributed by atoms with Crippen molar-refractivity contribution in [3.8, 4) is 67.0 Å². The number of nitrogens with zero attached hydrogens (tertiary/aromatic N) is 7. The summed E-state index contributed by atoms with van der Waals surface area (Å²) in [5.41, 5.74) is 14.7. The monoisotopic (exact) mass is 1590 g/mol.